The van der Waals surface area contributed by atoms with Gasteiger partial charge in [0.15, 0.2) is 5.96 Å². The van der Waals surface area contributed by atoms with Gasteiger partial charge >= 0.3 is 0 Å². The Bertz CT molecular complexity index is 620. The standard InChI is InChI=1S/C17H24N6S/c1-2-18-16(21-9-6-15-5-3-14-24-15)22-10-12-23(13-11-22)17-19-7-4-8-20-17/h3-5,7-8,14H,2,6,9-13H2,1H3,(H,18,21). The molecule has 0 spiro atoms. The maximum absolute atomic E-state index is 4.80. The molecule has 0 amide bonds. The largest absolute Gasteiger partial charge is 0.357 e. The summed E-state index contributed by atoms with van der Waals surface area (Å²) in [6.07, 6.45) is 4.60. The zero-order chi connectivity index (χ0) is 16.6. The summed E-state index contributed by atoms with van der Waals surface area (Å²) in [6.45, 7) is 7.53. The fraction of sp³-hybridized carbons (Fsp3) is 0.471. The van der Waals surface area contributed by atoms with Crippen LogP contribution in [0.3, 0.4) is 0 Å². The Labute approximate surface area is 147 Å². The van der Waals surface area contributed by atoms with Crippen LogP contribution in [0.1, 0.15) is 11.8 Å². The molecule has 128 valence electrons. The van der Waals surface area contributed by atoms with E-state index in [0.717, 1.165) is 57.6 Å². The van der Waals surface area contributed by atoms with Crippen LogP contribution in [0.15, 0.2) is 41.0 Å². The number of hydrogen-bond acceptors (Lipinski definition) is 5. The van der Waals surface area contributed by atoms with Crippen LogP contribution < -0.4 is 10.2 Å². The molecule has 0 saturated carbocycles. The highest BCUT2D eigenvalue weighted by Gasteiger charge is 2.20. The second kappa shape index (κ2) is 8.63. The van der Waals surface area contributed by atoms with Crippen molar-refractivity contribution >= 4 is 23.2 Å². The van der Waals surface area contributed by atoms with E-state index in [4.69, 9.17) is 4.99 Å². The van der Waals surface area contributed by atoms with Crippen LogP contribution in [-0.4, -0.2) is 60.1 Å². The van der Waals surface area contributed by atoms with Gasteiger partial charge in [-0.25, -0.2) is 9.97 Å². The molecule has 0 aromatic carbocycles. The number of hydrogen-bond donors (Lipinski definition) is 1. The van der Waals surface area contributed by atoms with E-state index in [9.17, 15) is 0 Å². The number of guanidine groups is 1. The van der Waals surface area contributed by atoms with Crippen LogP contribution in [-0.2, 0) is 6.42 Å². The second-order valence-electron chi connectivity index (χ2n) is 5.59. The quantitative estimate of drug-likeness (QED) is 0.663. The molecular weight excluding hydrogens is 320 g/mol. The molecule has 2 aromatic heterocycles. The van der Waals surface area contributed by atoms with Gasteiger partial charge in [-0.2, -0.15) is 0 Å². The van der Waals surface area contributed by atoms with Crippen LogP contribution in [0.5, 0.6) is 0 Å². The van der Waals surface area contributed by atoms with Gasteiger partial charge in [-0.15, -0.1) is 11.3 Å². The highest BCUT2D eigenvalue weighted by molar-refractivity contribution is 7.09. The summed E-state index contributed by atoms with van der Waals surface area (Å²) >= 11 is 1.80. The van der Waals surface area contributed by atoms with Crippen LogP contribution in [0, 0.1) is 0 Å². The summed E-state index contributed by atoms with van der Waals surface area (Å²) in [5, 5.41) is 5.54. The van der Waals surface area contributed by atoms with Gasteiger partial charge in [0.2, 0.25) is 5.95 Å². The first-order valence-electron chi connectivity index (χ1n) is 8.44. The van der Waals surface area contributed by atoms with E-state index in [1.54, 1.807) is 23.7 Å². The third kappa shape index (κ3) is 4.44. The third-order valence-corrected chi connectivity index (χ3v) is 4.89. The first-order chi connectivity index (χ1) is 11.9. The second-order valence-corrected chi connectivity index (χ2v) is 6.62. The molecule has 0 atom stereocenters. The van der Waals surface area contributed by atoms with Crippen molar-refractivity contribution < 1.29 is 0 Å². The molecule has 7 heteroatoms. The molecule has 0 bridgehead atoms. The number of nitrogens with zero attached hydrogens (tertiary/aromatic N) is 5. The normalized spacial score (nSPS) is 15.6. The number of rotatable bonds is 5. The topological polar surface area (TPSA) is 56.7 Å². The van der Waals surface area contributed by atoms with E-state index in [-0.39, 0.29) is 0 Å². The van der Waals surface area contributed by atoms with Gasteiger partial charge in [-0.3, -0.25) is 4.99 Å². The molecule has 0 radical (unpaired) electrons. The van der Waals surface area contributed by atoms with Crippen molar-refractivity contribution in [1.29, 1.82) is 0 Å². The molecule has 2 aromatic rings. The maximum Gasteiger partial charge on any atom is 0.225 e. The summed E-state index contributed by atoms with van der Waals surface area (Å²) in [5.74, 6) is 1.83. The molecule has 3 heterocycles. The SMILES string of the molecule is CCNC(=NCCc1cccs1)N1CCN(c2ncccn2)CC1. The summed E-state index contributed by atoms with van der Waals surface area (Å²) in [7, 11) is 0. The Balaban J connectivity index is 1.55. The van der Waals surface area contributed by atoms with Crippen molar-refractivity contribution in [2.75, 3.05) is 44.2 Å². The van der Waals surface area contributed by atoms with Crippen LogP contribution in [0.2, 0.25) is 0 Å². The number of aromatic nitrogens is 2. The Morgan fingerprint density at radius 2 is 2.00 bits per heavy atom. The van der Waals surface area contributed by atoms with E-state index in [1.807, 2.05) is 6.07 Å². The minimum Gasteiger partial charge on any atom is -0.357 e. The molecule has 1 N–H and O–H groups in total. The van der Waals surface area contributed by atoms with Gasteiger partial charge in [-0.1, -0.05) is 6.07 Å². The van der Waals surface area contributed by atoms with Crippen molar-refractivity contribution in [1.82, 2.24) is 20.2 Å². The van der Waals surface area contributed by atoms with E-state index in [0.29, 0.717) is 0 Å². The number of anilines is 1. The molecule has 0 aliphatic carbocycles. The predicted molar refractivity (Wildman–Crippen MR) is 99.8 cm³/mol. The monoisotopic (exact) mass is 344 g/mol. The summed E-state index contributed by atoms with van der Waals surface area (Å²) in [5.41, 5.74) is 0. The minimum absolute atomic E-state index is 0.816. The fourth-order valence-electron chi connectivity index (χ4n) is 2.73. The molecule has 6 nitrogen and oxygen atoms in total. The number of nitrogens with one attached hydrogen (secondary N) is 1. The zero-order valence-corrected chi connectivity index (χ0v) is 14.9. The average Bonchev–Trinajstić information content (AvgIpc) is 3.15. The molecular formula is C17H24N6S. The van der Waals surface area contributed by atoms with Crippen molar-refractivity contribution in [3.63, 3.8) is 0 Å². The van der Waals surface area contributed by atoms with Gasteiger partial charge in [0.25, 0.3) is 0 Å². The molecule has 1 fully saturated rings. The average molecular weight is 344 g/mol. The van der Waals surface area contributed by atoms with Gasteiger partial charge in [0.05, 0.1) is 0 Å². The molecule has 0 unspecified atom stereocenters. The predicted octanol–water partition coefficient (Wildman–Crippen LogP) is 1.87. The van der Waals surface area contributed by atoms with E-state index >= 15 is 0 Å². The van der Waals surface area contributed by atoms with Crippen molar-refractivity contribution in [3.8, 4) is 0 Å². The van der Waals surface area contributed by atoms with Gasteiger partial charge in [0, 0.05) is 63.0 Å². The fourth-order valence-corrected chi connectivity index (χ4v) is 3.42. The van der Waals surface area contributed by atoms with Gasteiger partial charge in [-0.05, 0) is 24.4 Å². The number of aliphatic imine (C=N–C) groups is 1. The van der Waals surface area contributed by atoms with Crippen LogP contribution in [0.4, 0.5) is 5.95 Å². The molecule has 1 aliphatic rings. The Morgan fingerprint density at radius 1 is 1.21 bits per heavy atom. The molecule has 1 saturated heterocycles. The lowest BCUT2D eigenvalue weighted by atomic mass is 10.3. The lowest BCUT2D eigenvalue weighted by molar-refractivity contribution is 0.370. The van der Waals surface area contributed by atoms with E-state index < -0.39 is 0 Å². The lowest BCUT2D eigenvalue weighted by Gasteiger charge is -2.36. The van der Waals surface area contributed by atoms with E-state index in [2.05, 4.69) is 49.5 Å². The summed E-state index contributed by atoms with van der Waals surface area (Å²) in [4.78, 5) is 19.4. The Hall–Kier alpha value is -2.15. The van der Waals surface area contributed by atoms with Crippen LogP contribution >= 0.6 is 11.3 Å². The van der Waals surface area contributed by atoms with Gasteiger partial charge < -0.3 is 15.1 Å². The highest BCUT2D eigenvalue weighted by atomic mass is 32.1. The molecule has 24 heavy (non-hydrogen) atoms. The molecule has 3 rings (SSSR count). The van der Waals surface area contributed by atoms with E-state index in [1.165, 1.54) is 4.88 Å². The first kappa shape index (κ1) is 16.7. The van der Waals surface area contributed by atoms with Gasteiger partial charge in [0.1, 0.15) is 0 Å². The summed E-state index contributed by atoms with van der Waals surface area (Å²) < 4.78 is 0. The maximum atomic E-state index is 4.80. The first-order valence-corrected chi connectivity index (χ1v) is 9.32. The van der Waals surface area contributed by atoms with Crippen LogP contribution in [0.25, 0.3) is 0 Å². The highest BCUT2D eigenvalue weighted by Crippen LogP contribution is 2.11. The van der Waals surface area contributed by atoms with Crippen molar-refractivity contribution in [2.24, 2.45) is 4.99 Å². The minimum atomic E-state index is 0.816. The van der Waals surface area contributed by atoms with Crippen molar-refractivity contribution in [2.45, 2.75) is 13.3 Å². The number of piperazine rings is 1. The smallest absolute Gasteiger partial charge is 0.225 e. The Morgan fingerprint density at radius 3 is 2.67 bits per heavy atom. The lowest BCUT2D eigenvalue weighted by Crippen LogP contribution is -2.53. The third-order valence-electron chi connectivity index (χ3n) is 3.95. The molecule has 1 aliphatic heterocycles. The summed E-state index contributed by atoms with van der Waals surface area (Å²) in [6, 6.07) is 6.12. The number of thiophene rings is 1. The van der Waals surface area contributed by atoms with Crippen molar-refractivity contribution in [3.05, 3.63) is 40.8 Å². The zero-order valence-electron chi connectivity index (χ0n) is 14.1. The Kier molecular flexibility index (Phi) is 6.01.